The van der Waals surface area contributed by atoms with E-state index < -0.39 is 11.9 Å². The maximum atomic E-state index is 12.9. The summed E-state index contributed by atoms with van der Waals surface area (Å²) in [6.45, 7) is 3.84. The summed E-state index contributed by atoms with van der Waals surface area (Å²) in [7, 11) is 4.86. The molecule has 178 valence electrons. The summed E-state index contributed by atoms with van der Waals surface area (Å²) >= 11 is 0. The van der Waals surface area contributed by atoms with Crippen molar-refractivity contribution in [2.75, 3.05) is 47.5 Å². The fourth-order valence-electron chi connectivity index (χ4n) is 3.30. The van der Waals surface area contributed by atoms with E-state index in [4.69, 9.17) is 34.0 Å². The SMILES string of the molecule is COc1cc(OC)cc(C(=O)N2CCN(Cc3ccccc3OC)CC2)c1.O=C(O)C(=O)O. The van der Waals surface area contributed by atoms with Crippen molar-refractivity contribution in [2.45, 2.75) is 6.54 Å². The van der Waals surface area contributed by atoms with Gasteiger partial charge in [0.15, 0.2) is 0 Å². The third kappa shape index (κ3) is 7.39. The molecule has 0 radical (unpaired) electrons. The van der Waals surface area contributed by atoms with Crippen molar-refractivity contribution >= 4 is 17.8 Å². The zero-order valence-corrected chi connectivity index (χ0v) is 18.8. The number of aliphatic carboxylic acids is 2. The highest BCUT2D eigenvalue weighted by molar-refractivity contribution is 6.27. The average Bonchev–Trinajstić information content (AvgIpc) is 2.84. The molecule has 2 N–H and O–H groups in total. The number of piperazine rings is 1. The first-order valence-electron chi connectivity index (χ1n) is 10.1. The van der Waals surface area contributed by atoms with Gasteiger partial charge < -0.3 is 29.3 Å². The van der Waals surface area contributed by atoms with Crippen LogP contribution in [0.25, 0.3) is 0 Å². The van der Waals surface area contributed by atoms with Crippen LogP contribution in [0.15, 0.2) is 42.5 Å². The van der Waals surface area contributed by atoms with Crippen LogP contribution in [-0.2, 0) is 16.1 Å². The van der Waals surface area contributed by atoms with E-state index in [1.54, 1.807) is 39.5 Å². The van der Waals surface area contributed by atoms with Gasteiger partial charge in [-0.25, -0.2) is 9.59 Å². The van der Waals surface area contributed by atoms with Crippen LogP contribution in [0.1, 0.15) is 15.9 Å². The summed E-state index contributed by atoms with van der Waals surface area (Å²) in [5, 5.41) is 14.8. The second kappa shape index (κ2) is 12.3. The topological polar surface area (TPSA) is 126 Å². The molecule has 1 amide bonds. The van der Waals surface area contributed by atoms with Crippen molar-refractivity contribution in [3.05, 3.63) is 53.6 Å². The van der Waals surface area contributed by atoms with Gasteiger partial charge >= 0.3 is 11.9 Å². The van der Waals surface area contributed by atoms with Crippen molar-refractivity contribution in [3.8, 4) is 17.2 Å². The Morgan fingerprint density at radius 1 is 0.818 bits per heavy atom. The van der Waals surface area contributed by atoms with Crippen LogP contribution < -0.4 is 14.2 Å². The van der Waals surface area contributed by atoms with Gasteiger partial charge in [-0.3, -0.25) is 9.69 Å². The Balaban J connectivity index is 0.000000569. The number of carboxylic acids is 2. The van der Waals surface area contributed by atoms with Crippen molar-refractivity contribution < 1.29 is 38.8 Å². The number of benzene rings is 2. The summed E-state index contributed by atoms with van der Waals surface area (Å²) in [5.74, 6) is -1.51. The first-order valence-corrected chi connectivity index (χ1v) is 10.1. The summed E-state index contributed by atoms with van der Waals surface area (Å²) in [6.07, 6.45) is 0. The molecule has 1 fully saturated rings. The number of nitrogens with zero attached hydrogens (tertiary/aromatic N) is 2. The summed E-state index contributed by atoms with van der Waals surface area (Å²) < 4.78 is 16.0. The molecular formula is C23H28N2O8. The highest BCUT2D eigenvalue weighted by Crippen LogP contribution is 2.24. The average molecular weight is 460 g/mol. The largest absolute Gasteiger partial charge is 0.497 e. The predicted molar refractivity (Wildman–Crippen MR) is 119 cm³/mol. The van der Waals surface area contributed by atoms with E-state index >= 15 is 0 Å². The van der Waals surface area contributed by atoms with E-state index in [0.717, 1.165) is 30.9 Å². The lowest BCUT2D eigenvalue weighted by molar-refractivity contribution is -0.159. The molecule has 0 aromatic heterocycles. The molecular weight excluding hydrogens is 432 g/mol. The summed E-state index contributed by atoms with van der Waals surface area (Å²) in [5.41, 5.74) is 1.75. The van der Waals surface area contributed by atoms with E-state index in [0.29, 0.717) is 30.2 Å². The van der Waals surface area contributed by atoms with Gasteiger partial charge in [-0.15, -0.1) is 0 Å². The minimum absolute atomic E-state index is 0.00383. The van der Waals surface area contributed by atoms with Gasteiger partial charge in [-0.2, -0.15) is 0 Å². The normalized spacial score (nSPS) is 13.4. The molecule has 3 rings (SSSR count). The number of hydrogen-bond acceptors (Lipinski definition) is 7. The number of carbonyl (C=O) groups excluding carboxylic acids is 1. The Morgan fingerprint density at radius 3 is 1.85 bits per heavy atom. The molecule has 2 aromatic carbocycles. The predicted octanol–water partition coefficient (Wildman–Crippen LogP) is 1.83. The molecule has 10 nitrogen and oxygen atoms in total. The number of rotatable bonds is 6. The van der Waals surface area contributed by atoms with Crippen LogP contribution in [0, 0.1) is 0 Å². The zero-order chi connectivity index (χ0) is 24.4. The number of hydrogen-bond donors (Lipinski definition) is 2. The van der Waals surface area contributed by atoms with Gasteiger partial charge in [-0.05, 0) is 18.2 Å². The van der Waals surface area contributed by atoms with Crippen LogP contribution in [0.2, 0.25) is 0 Å². The number of ether oxygens (including phenoxy) is 3. The fraction of sp³-hybridized carbons (Fsp3) is 0.348. The van der Waals surface area contributed by atoms with E-state index in [-0.39, 0.29) is 5.91 Å². The molecule has 10 heteroatoms. The van der Waals surface area contributed by atoms with Crippen molar-refractivity contribution in [1.29, 1.82) is 0 Å². The molecule has 1 aliphatic rings. The third-order valence-electron chi connectivity index (χ3n) is 5.03. The van der Waals surface area contributed by atoms with Crippen molar-refractivity contribution in [1.82, 2.24) is 9.80 Å². The van der Waals surface area contributed by atoms with Gasteiger partial charge in [0.05, 0.1) is 21.3 Å². The Hall–Kier alpha value is -3.79. The lowest BCUT2D eigenvalue weighted by Crippen LogP contribution is -2.48. The lowest BCUT2D eigenvalue weighted by atomic mass is 10.1. The van der Waals surface area contributed by atoms with E-state index in [1.165, 1.54) is 0 Å². The molecule has 0 saturated carbocycles. The number of para-hydroxylation sites is 1. The van der Waals surface area contributed by atoms with Gasteiger partial charge in [0.25, 0.3) is 5.91 Å². The molecule has 0 atom stereocenters. The van der Waals surface area contributed by atoms with Crippen LogP contribution in [0.3, 0.4) is 0 Å². The molecule has 0 spiro atoms. The number of carboxylic acid groups (broad SMARTS) is 2. The second-order valence-corrected chi connectivity index (χ2v) is 7.09. The van der Waals surface area contributed by atoms with E-state index in [1.807, 2.05) is 23.1 Å². The van der Waals surface area contributed by atoms with Gasteiger partial charge in [0.1, 0.15) is 17.2 Å². The highest BCUT2D eigenvalue weighted by Gasteiger charge is 2.23. The smallest absolute Gasteiger partial charge is 0.414 e. The molecule has 1 heterocycles. The van der Waals surface area contributed by atoms with E-state index in [9.17, 15) is 4.79 Å². The summed E-state index contributed by atoms with van der Waals surface area (Å²) in [4.78, 5) is 35.3. The minimum atomic E-state index is -1.82. The Bertz CT molecular complexity index is 936. The van der Waals surface area contributed by atoms with Gasteiger partial charge in [-0.1, -0.05) is 18.2 Å². The third-order valence-corrected chi connectivity index (χ3v) is 5.03. The summed E-state index contributed by atoms with van der Waals surface area (Å²) in [6, 6.07) is 13.3. The van der Waals surface area contributed by atoms with Crippen molar-refractivity contribution in [2.24, 2.45) is 0 Å². The van der Waals surface area contributed by atoms with Crippen LogP contribution in [0.4, 0.5) is 0 Å². The van der Waals surface area contributed by atoms with Crippen LogP contribution >= 0.6 is 0 Å². The fourth-order valence-corrected chi connectivity index (χ4v) is 3.30. The molecule has 0 unspecified atom stereocenters. The number of carbonyl (C=O) groups is 3. The number of methoxy groups -OCH3 is 3. The molecule has 33 heavy (non-hydrogen) atoms. The van der Waals surface area contributed by atoms with Gasteiger partial charge in [0, 0.05) is 49.9 Å². The highest BCUT2D eigenvalue weighted by atomic mass is 16.5. The standard InChI is InChI=1S/C21H26N2O4.C2H2O4/c1-25-18-12-17(13-19(14-18)26-2)21(24)23-10-8-22(9-11-23)15-16-6-4-5-7-20(16)27-3;3-1(4)2(5)6/h4-7,12-14H,8-11,15H2,1-3H3;(H,3,4)(H,5,6). The second-order valence-electron chi connectivity index (χ2n) is 7.09. The van der Waals surface area contributed by atoms with Gasteiger partial charge in [0.2, 0.25) is 0 Å². The molecule has 0 bridgehead atoms. The quantitative estimate of drug-likeness (QED) is 0.621. The Labute approximate surface area is 191 Å². The monoisotopic (exact) mass is 460 g/mol. The Morgan fingerprint density at radius 2 is 1.36 bits per heavy atom. The molecule has 1 aliphatic heterocycles. The minimum Gasteiger partial charge on any atom is -0.497 e. The van der Waals surface area contributed by atoms with Crippen LogP contribution in [0.5, 0.6) is 17.2 Å². The lowest BCUT2D eigenvalue weighted by Gasteiger charge is -2.35. The molecule has 2 aromatic rings. The van der Waals surface area contributed by atoms with Crippen molar-refractivity contribution in [3.63, 3.8) is 0 Å². The maximum Gasteiger partial charge on any atom is 0.414 e. The van der Waals surface area contributed by atoms with E-state index in [2.05, 4.69) is 11.0 Å². The van der Waals surface area contributed by atoms with Crippen LogP contribution in [-0.4, -0.2) is 85.4 Å². The number of amides is 1. The Kier molecular flexibility index (Phi) is 9.49. The zero-order valence-electron chi connectivity index (χ0n) is 18.8. The first kappa shape index (κ1) is 25.5. The molecule has 0 aliphatic carbocycles. The molecule has 1 saturated heterocycles. The first-order chi connectivity index (χ1) is 15.8. The maximum absolute atomic E-state index is 12.9.